The smallest absolute Gasteiger partial charge is 0.229 e. The van der Waals surface area contributed by atoms with Crippen molar-refractivity contribution in [3.05, 3.63) is 35.3 Å². The molecule has 0 atom stereocenters. The summed E-state index contributed by atoms with van der Waals surface area (Å²) in [6.45, 7) is 3.84. The molecule has 1 fully saturated rings. The maximum Gasteiger partial charge on any atom is 0.229 e. The fourth-order valence-corrected chi connectivity index (χ4v) is 4.63. The first-order chi connectivity index (χ1) is 11.7. The van der Waals surface area contributed by atoms with E-state index in [1.54, 1.807) is 17.5 Å². The number of thiazole rings is 2. The Bertz CT molecular complexity index is 851. The lowest BCUT2D eigenvalue weighted by Gasteiger charge is -2.30. The Balaban J connectivity index is 1.40. The molecule has 5 nitrogen and oxygen atoms in total. The van der Waals surface area contributed by atoms with Crippen LogP contribution in [0.15, 0.2) is 29.8 Å². The van der Waals surface area contributed by atoms with E-state index in [2.05, 4.69) is 40.3 Å². The lowest BCUT2D eigenvalue weighted by molar-refractivity contribution is -0.120. The first-order valence-corrected chi connectivity index (χ1v) is 9.71. The number of amides is 1. The zero-order chi connectivity index (χ0) is 16.5. The number of piperidine rings is 1. The summed E-state index contributed by atoms with van der Waals surface area (Å²) in [6, 6.07) is 6.37. The van der Waals surface area contributed by atoms with Crippen molar-refractivity contribution in [1.29, 1.82) is 0 Å². The summed E-state index contributed by atoms with van der Waals surface area (Å²) >= 11 is 3.19. The van der Waals surface area contributed by atoms with Crippen molar-refractivity contribution >= 4 is 49.1 Å². The van der Waals surface area contributed by atoms with Gasteiger partial charge in [0.05, 0.1) is 10.2 Å². The Morgan fingerprint density at radius 2 is 2.17 bits per heavy atom. The summed E-state index contributed by atoms with van der Waals surface area (Å²) in [5, 5.41) is 6.53. The molecule has 0 unspecified atom stereocenters. The van der Waals surface area contributed by atoms with E-state index in [1.165, 1.54) is 21.6 Å². The van der Waals surface area contributed by atoms with Crippen molar-refractivity contribution in [2.45, 2.75) is 19.8 Å². The molecule has 1 amide bonds. The van der Waals surface area contributed by atoms with Crippen LogP contribution in [-0.4, -0.2) is 29.0 Å². The Morgan fingerprint density at radius 3 is 2.92 bits per heavy atom. The third kappa shape index (κ3) is 3.14. The maximum atomic E-state index is 12.3. The molecule has 0 aliphatic carbocycles. The second-order valence-electron chi connectivity index (χ2n) is 6.06. The number of nitrogens with zero attached hydrogens (tertiary/aromatic N) is 3. The largest absolute Gasteiger partial charge is 0.348 e. The van der Waals surface area contributed by atoms with E-state index in [-0.39, 0.29) is 11.8 Å². The summed E-state index contributed by atoms with van der Waals surface area (Å²) in [6.07, 6.45) is 3.41. The third-order valence-corrected chi connectivity index (χ3v) is 6.10. The van der Waals surface area contributed by atoms with Crippen LogP contribution < -0.4 is 10.2 Å². The Morgan fingerprint density at radius 1 is 1.33 bits per heavy atom. The SMILES string of the molecule is Cc1ccc2nc(N3CCC(C(=O)Nc4nccs4)CC3)sc2c1. The Kier molecular flexibility index (Phi) is 4.20. The predicted molar refractivity (Wildman–Crippen MR) is 100 cm³/mol. The van der Waals surface area contributed by atoms with E-state index in [0.717, 1.165) is 36.6 Å². The molecule has 3 aromatic rings. The number of aromatic nitrogens is 2. The molecule has 24 heavy (non-hydrogen) atoms. The normalized spacial score (nSPS) is 15.8. The summed E-state index contributed by atoms with van der Waals surface area (Å²) in [5.74, 6) is 0.145. The minimum atomic E-state index is 0.0572. The van der Waals surface area contributed by atoms with E-state index in [0.29, 0.717) is 5.13 Å². The van der Waals surface area contributed by atoms with Gasteiger partial charge in [0.15, 0.2) is 10.3 Å². The van der Waals surface area contributed by atoms with Gasteiger partial charge in [0.1, 0.15) is 0 Å². The van der Waals surface area contributed by atoms with Gasteiger partial charge in [0, 0.05) is 30.6 Å². The number of hydrogen-bond donors (Lipinski definition) is 1. The van der Waals surface area contributed by atoms with Gasteiger partial charge in [0.25, 0.3) is 0 Å². The maximum absolute atomic E-state index is 12.3. The fourth-order valence-electron chi connectivity index (χ4n) is 2.98. The number of rotatable bonds is 3. The van der Waals surface area contributed by atoms with Gasteiger partial charge in [-0.2, -0.15) is 0 Å². The number of nitrogens with one attached hydrogen (secondary N) is 1. The number of aryl methyl sites for hydroxylation is 1. The van der Waals surface area contributed by atoms with Crippen molar-refractivity contribution in [1.82, 2.24) is 9.97 Å². The lowest BCUT2D eigenvalue weighted by atomic mass is 9.96. The highest BCUT2D eigenvalue weighted by Gasteiger charge is 2.26. The van der Waals surface area contributed by atoms with Crippen LogP contribution in [0.2, 0.25) is 0 Å². The average Bonchev–Trinajstić information content (AvgIpc) is 3.24. The first-order valence-electron chi connectivity index (χ1n) is 8.01. The quantitative estimate of drug-likeness (QED) is 0.771. The molecule has 0 saturated carbocycles. The standard InChI is InChI=1S/C17H18N4OS2/c1-11-2-3-13-14(10-11)24-17(19-13)21-7-4-12(5-8-21)15(22)20-16-18-6-9-23-16/h2-3,6,9-10,12H,4-5,7-8H2,1H3,(H,18,20,22). The second-order valence-corrected chi connectivity index (χ2v) is 7.96. The van der Waals surface area contributed by atoms with Crippen molar-refractivity contribution in [3.8, 4) is 0 Å². The van der Waals surface area contributed by atoms with Crippen LogP contribution in [0, 0.1) is 12.8 Å². The highest BCUT2D eigenvalue weighted by molar-refractivity contribution is 7.22. The highest BCUT2D eigenvalue weighted by atomic mass is 32.1. The topological polar surface area (TPSA) is 58.1 Å². The molecular formula is C17H18N4OS2. The van der Waals surface area contributed by atoms with Crippen LogP contribution in [0.3, 0.4) is 0 Å². The van der Waals surface area contributed by atoms with Gasteiger partial charge in [0.2, 0.25) is 5.91 Å². The molecule has 4 rings (SSSR count). The number of carbonyl (C=O) groups is 1. The van der Waals surface area contributed by atoms with E-state index >= 15 is 0 Å². The average molecular weight is 358 g/mol. The van der Waals surface area contributed by atoms with Crippen molar-refractivity contribution < 1.29 is 4.79 Å². The summed E-state index contributed by atoms with van der Waals surface area (Å²) in [5.41, 5.74) is 2.32. The molecule has 3 heterocycles. The van der Waals surface area contributed by atoms with Gasteiger partial charge in [-0.05, 0) is 37.5 Å². The summed E-state index contributed by atoms with van der Waals surface area (Å²) in [7, 11) is 0. The van der Waals surface area contributed by atoms with Gasteiger partial charge >= 0.3 is 0 Å². The Labute approximate surface area is 148 Å². The highest BCUT2D eigenvalue weighted by Crippen LogP contribution is 2.32. The van der Waals surface area contributed by atoms with E-state index in [9.17, 15) is 4.79 Å². The lowest BCUT2D eigenvalue weighted by Crippen LogP contribution is -2.38. The predicted octanol–water partition coefficient (Wildman–Crippen LogP) is 3.92. The van der Waals surface area contributed by atoms with Crippen LogP contribution in [0.4, 0.5) is 10.3 Å². The molecule has 1 aliphatic rings. The number of anilines is 2. The van der Waals surface area contributed by atoms with Crippen molar-refractivity contribution in [3.63, 3.8) is 0 Å². The molecule has 0 bridgehead atoms. The van der Waals surface area contributed by atoms with Crippen molar-refractivity contribution in [2.75, 3.05) is 23.3 Å². The molecule has 1 saturated heterocycles. The number of fused-ring (bicyclic) bond motifs is 1. The van der Waals surface area contributed by atoms with Gasteiger partial charge in [-0.25, -0.2) is 9.97 Å². The molecule has 0 spiro atoms. The summed E-state index contributed by atoms with van der Waals surface area (Å²) in [4.78, 5) is 23.5. The molecule has 1 N–H and O–H groups in total. The molecule has 1 aromatic carbocycles. The molecule has 1 aliphatic heterocycles. The number of hydrogen-bond acceptors (Lipinski definition) is 6. The molecule has 2 aromatic heterocycles. The molecular weight excluding hydrogens is 340 g/mol. The minimum absolute atomic E-state index is 0.0572. The molecule has 124 valence electrons. The molecule has 0 radical (unpaired) electrons. The first kappa shape index (κ1) is 15.5. The summed E-state index contributed by atoms with van der Waals surface area (Å²) < 4.78 is 1.23. The van der Waals surface area contributed by atoms with Gasteiger partial charge in [-0.15, -0.1) is 11.3 Å². The number of carbonyl (C=O) groups excluding carboxylic acids is 1. The zero-order valence-corrected chi connectivity index (χ0v) is 15.0. The monoisotopic (exact) mass is 358 g/mol. The minimum Gasteiger partial charge on any atom is -0.348 e. The van der Waals surface area contributed by atoms with Crippen LogP contribution >= 0.6 is 22.7 Å². The van der Waals surface area contributed by atoms with Gasteiger partial charge < -0.3 is 10.2 Å². The third-order valence-electron chi connectivity index (χ3n) is 4.33. The van der Waals surface area contributed by atoms with E-state index in [1.807, 2.05) is 5.38 Å². The van der Waals surface area contributed by atoms with Crippen molar-refractivity contribution in [2.24, 2.45) is 5.92 Å². The van der Waals surface area contributed by atoms with E-state index < -0.39 is 0 Å². The van der Waals surface area contributed by atoms with Gasteiger partial charge in [-0.1, -0.05) is 17.4 Å². The van der Waals surface area contributed by atoms with Gasteiger partial charge in [-0.3, -0.25) is 4.79 Å². The fraction of sp³-hybridized carbons (Fsp3) is 0.353. The van der Waals surface area contributed by atoms with E-state index in [4.69, 9.17) is 4.98 Å². The molecule has 7 heteroatoms. The Hall–Kier alpha value is -1.99. The van der Waals surface area contributed by atoms with Crippen LogP contribution in [0.1, 0.15) is 18.4 Å². The zero-order valence-electron chi connectivity index (χ0n) is 13.4. The van der Waals surface area contributed by atoms with Crippen LogP contribution in [0.5, 0.6) is 0 Å². The number of benzene rings is 1. The van der Waals surface area contributed by atoms with Crippen LogP contribution in [-0.2, 0) is 4.79 Å². The second kappa shape index (κ2) is 6.49. The van der Waals surface area contributed by atoms with Crippen LogP contribution in [0.25, 0.3) is 10.2 Å².